The van der Waals surface area contributed by atoms with E-state index in [1.54, 1.807) is 6.92 Å². The number of benzene rings is 2. The van der Waals surface area contributed by atoms with Crippen molar-refractivity contribution in [2.24, 2.45) is 5.41 Å². The van der Waals surface area contributed by atoms with E-state index in [1.807, 2.05) is 24.3 Å². The van der Waals surface area contributed by atoms with Gasteiger partial charge in [-0.1, -0.05) is 74.2 Å². The number of carboxylic acid groups (broad SMARTS) is 1. The highest BCUT2D eigenvalue weighted by Crippen LogP contribution is 2.44. The van der Waals surface area contributed by atoms with Crippen LogP contribution >= 0.6 is 0 Å². The molecule has 35 heavy (non-hydrogen) atoms. The first-order valence-electron chi connectivity index (χ1n) is 12.5. The normalized spacial score (nSPS) is 17.4. The quantitative estimate of drug-likeness (QED) is 0.471. The molecule has 0 bridgehead atoms. The van der Waals surface area contributed by atoms with Crippen molar-refractivity contribution in [1.29, 1.82) is 0 Å². The molecule has 1 saturated carbocycles. The van der Waals surface area contributed by atoms with Gasteiger partial charge in [-0.3, -0.25) is 9.59 Å². The van der Waals surface area contributed by atoms with Crippen LogP contribution in [0.4, 0.5) is 4.79 Å². The molecule has 0 saturated heterocycles. The van der Waals surface area contributed by atoms with Crippen LogP contribution < -0.4 is 10.6 Å². The summed E-state index contributed by atoms with van der Waals surface area (Å²) in [6.45, 7) is 2.07. The Labute approximate surface area is 206 Å². The maximum Gasteiger partial charge on any atom is 0.407 e. The summed E-state index contributed by atoms with van der Waals surface area (Å²) in [5.41, 5.74) is 3.71. The van der Waals surface area contributed by atoms with Gasteiger partial charge in [-0.15, -0.1) is 0 Å². The number of aliphatic carboxylic acids is 1. The third kappa shape index (κ3) is 5.66. The number of carbonyl (C=O) groups excluding carboxylic acids is 2. The number of ether oxygens (including phenoxy) is 1. The number of nitrogens with one attached hydrogen (secondary N) is 2. The van der Waals surface area contributed by atoms with Gasteiger partial charge in [-0.05, 0) is 42.0 Å². The summed E-state index contributed by atoms with van der Waals surface area (Å²) >= 11 is 0. The van der Waals surface area contributed by atoms with E-state index in [-0.39, 0.29) is 31.4 Å². The average molecular weight is 479 g/mol. The van der Waals surface area contributed by atoms with Crippen LogP contribution in [0, 0.1) is 5.41 Å². The monoisotopic (exact) mass is 478 g/mol. The lowest BCUT2D eigenvalue weighted by molar-refractivity contribution is -0.149. The lowest BCUT2D eigenvalue weighted by Crippen LogP contribution is -2.44. The van der Waals surface area contributed by atoms with E-state index >= 15 is 0 Å². The van der Waals surface area contributed by atoms with Crippen LogP contribution in [0.3, 0.4) is 0 Å². The Morgan fingerprint density at radius 2 is 1.54 bits per heavy atom. The van der Waals surface area contributed by atoms with Crippen molar-refractivity contribution >= 4 is 18.0 Å². The van der Waals surface area contributed by atoms with Crippen molar-refractivity contribution in [3.63, 3.8) is 0 Å². The van der Waals surface area contributed by atoms with Gasteiger partial charge in [0.15, 0.2) is 0 Å². The third-order valence-electron chi connectivity index (χ3n) is 7.34. The maximum absolute atomic E-state index is 12.5. The van der Waals surface area contributed by atoms with Gasteiger partial charge in [0.25, 0.3) is 0 Å². The molecular formula is C28H34N2O5. The summed E-state index contributed by atoms with van der Waals surface area (Å²) in [7, 11) is 0. The minimum Gasteiger partial charge on any atom is -0.481 e. The van der Waals surface area contributed by atoms with Gasteiger partial charge in [-0.25, -0.2) is 4.79 Å². The molecule has 7 heteroatoms. The zero-order valence-electron chi connectivity index (χ0n) is 20.2. The zero-order chi connectivity index (χ0) is 24.8. The molecule has 0 spiro atoms. The number of rotatable bonds is 8. The molecule has 1 atom stereocenters. The molecule has 0 radical (unpaired) electrons. The topological polar surface area (TPSA) is 105 Å². The fourth-order valence-electron chi connectivity index (χ4n) is 5.38. The molecule has 2 aromatic rings. The van der Waals surface area contributed by atoms with Crippen LogP contribution in [0.5, 0.6) is 0 Å². The predicted molar refractivity (Wildman–Crippen MR) is 133 cm³/mol. The van der Waals surface area contributed by atoms with E-state index in [9.17, 15) is 19.5 Å². The van der Waals surface area contributed by atoms with Gasteiger partial charge in [-0.2, -0.15) is 0 Å². The summed E-state index contributed by atoms with van der Waals surface area (Å²) in [5.74, 6) is -1.15. The highest BCUT2D eigenvalue weighted by atomic mass is 16.5. The van der Waals surface area contributed by atoms with Crippen LogP contribution in [-0.2, 0) is 14.3 Å². The largest absolute Gasteiger partial charge is 0.481 e. The standard InChI is InChI=1S/C28H34N2O5/c1-19(16-25(31)29-18-28(26(32)33)14-8-2-3-9-15-28)30-27(34)35-17-24-22-12-6-4-10-20(22)21-11-5-7-13-23(21)24/h4-7,10-13,19,24H,2-3,8-9,14-18H2,1H3,(H,29,31)(H,30,34)(H,32,33)/t19-/m0/s1. The Bertz CT molecular complexity index is 1030. The lowest BCUT2D eigenvalue weighted by Gasteiger charge is -2.28. The van der Waals surface area contributed by atoms with E-state index in [0.29, 0.717) is 12.8 Å². The van der Waals surface area contributed by atoms with Crippen molar-refractivity contribution in [1.82, 2.24) is 10.6 Å². The molecule has 0 aromatic heterocycles. The summed E-state index contributed by atoms with van der Waals surface area (Å²) < 4.78 is 5.55. The summed E-state index contributed by atoms with van der Waals surface area (Å²) in [6, 6.07) is 15.8. The van der Waals surface area contributed by atoms with E-state index in [4.69, 9.17) is 4.74 Å². The van der Waals surface area contributed by atoms with E-state index in [0.717, 1.165) is 47.9 Å². The fraction of sp³-hybridized carbons (Fsp3) is 0.464. The Morgan fingerprint density at radius 3 is 2.11 bits per heavy atom. The molecule has 186 valence electrons. The minimum absolute atomic E-state index is 0.0291. The van der Waals surface area contributed by atoms with Gasteiger partial charge < -0.3 is 20.5 Å². The first-order valence-corrected chi connectivity index (χ1v) is 12.5. The van der Waals surface area contributed by atoms with Crippen molar-refractivity contribution < 1.29 is 24.2 Å². The number of alkyl carbamates (subject to hydrolysis) is 1. The van der Waals surface area contributed by atoms with Gasteiger partial charge >= 0.3 is 12.1 Å². The number of hydrogen-bond donors (Lipinski definition) is 3. The first kappa shape index (κ1) is 24.8. The van der Waals surface area contributed by atoms with Gasteiger partial charge in [0.2, 0.25) is 5.91 Å². The molecule has 3 N–H and O–H groups in total. The van der Waals surface area contributed by atoms with Gasteiger partial charge in [0.05, 0.1) is 5.41 Å². The molecule has 4 rings (SSSR count). The Kier molecular flexibility index (Phi) is 7.73. The second kappa shape index (κ2) is 10.9. The number of hydrogen-bond acceptors (Lipinski definition) is 4. The molecule has 0 heterocycles. The molecule has 0 aliphatic heterocycles. The Morgan fingerprint density at radius 1 is 0.971 bits per heavy atom. The molecule has 2 aromatic carbocycles. The van der Waals surface area contributed by atoms with Crippen molar-refractivity contribution in [3.05, 3.63) is 59.7 Å². The Balaban J connectivity index is 1.26. The fourth-order valence-corrected chi connectivity index (χ4v) is 5.38. The maximum atomic E-state index is 12.5. The molecule has 1 fully saturated rings. The van der Waals surface area contributed by atoms with E-state index < -0.39 is 23.5 Å². The van der Waals surface area contributed by atoms with Crippen LogP contribution in [0.25, 0.3) is 11.1 Å². The second-order valence-electron chi connectivity index (χ2n) is 9.85. The molecule has 2 amide bonds. The van der Waals surface area contributed by atoms with Crippen molar-refractivity contribution in [3.8, 4) is 11.1 Å². The predicted octanol–water partition coefficient (Wildman–Crippen LogP) is 4.85. The molecular weight excluding hydrogens is 444 g/mol. The van der Waals surface area contributed by atoms with Gasteiger partial charge in [0.1, 0.15) is 6.61 Å². The van der Waals surface area contributed by atoms with Crippen LogP contribution in [0.1, 0.15) is 68.9 Å². The smallest absolute Gasteiger partial charge is 0.407 e. The molecule has 2 aliphatic carbocycles. The number of carboxylic acids is 1. The highest BCUT2D eigenvalue weighted by molar-refractivity contribution is 5.80. The lowest BCUT2D eigenvalue weighted by atomic mass is 9.80. The number of amides is 2. The SMILES string of the molecule is C[C@@H](CC(=O)NCC1(C(=O)O)CCCCCC1)NC(=O)OCC1c2ccccc2-c2ccccc21. The molecule has 7 nitrogen and oxygen atoms in total. The van der Waals surface area contributed by atoms with Gasteiger partial charge in [0, 0.05) is 24.9 Å². The van der Waals surface area contributed by atoms with Crippen LogP contribution in [-0.4, -0.2) is 42.3 Å². The van der Waals surface area contributed by atoms with E-state index in [1.165, 1.54) is 0 Å². The van der Waals surface area contributed by atoms with Crippen LogP contribution in [0.15, 0.2) is 48.5 Å². The molecule has 2 aliphatic rings. The summed E-state index contributed by atoms with van der Waals surface area (Å²) in [5, 5.41) is 15.3. The van der Waals surface area contributed by atoms with Crippen molar-refractivity contribution in [2.45, 2.75) is 63.8 Å². The van der Waals surface area contributed by atoms with Crippen LogP contribution in [0.2, 0.25) is 0 Å². The second-order valence-corrected chi connectivity index (χ2v) is 9.85. The highest BCUT2D eigenvalue weighted by Gasteiger charge is 2.39. The first-order chi connectivity index (χ1) is 16.9. The van der Waals surface area contributed by atoms with E-state index in [2.05, 4.69) is 34.9 Å². The summed E-state index contributed by atoms with van der Waals surface area (Å²) in [4.78, 5) is 36.8. The average Bonchev–Trinajstić information content (AvgIpc) is 2.97. The number of carbonyl (C=O) groups is 3. The molecule has 0 unspecified atom stereocenters. The minimum atomic E-state index is -0.893. The zero-order valence-corrected chi connectivity index (χ0v) is 20.2. The Hall–Kier alpha value is -3.35. The third-order valence-corrected chi connectivity index (χ3v) is 7.34. The summed E-state index contributed by atoms with van der Waals surface area (Å²) in [6.07, 6.45) is 4.43. The number of fused-ring (bicyclic) bond motifs is 3. The van der Waals surface area contributed by atoms with Crippen molar-refractivity contribution in [2.75, 3.05) is 13.2 Å².